The van der Waals surface area contributed by atoms with E-state index in [2.05, 4.69) is 10.1 Å². The minimum atomic E-state index is 0.0165. The Bertz CT molecular complexity index is 254. The quantitative estimate of drug-likeness (QED) is 0.725. The van der Waals surface area contributed by atoms with Crippen molar-refractivity contribution in [3.8, 4) is 0 Å². The van der Waals surface area contributed by atoms with E-state index in [9.17, 15) is 0 Å². The van der Waals surface area contributed by atoms with E-state index in [-0.39, 0.29) is 6.04 Å². The fourth-order valence-electron chi connectivity index (χ4n) is 1.11. The number of nitrogens with zero attached hydrogens (tertiary/aromatic N) is 3. The van der Waals surface area contributed by atoms with Gasteiger partial charge in [-0.1, -0.05) is 13.8 Å². The van der Waals surface area contributed by atoms with Crippen molar-refractivity contribution >= 4 is 0 Å². The molecule has 0 aliphatic rings. The molecule has 1 rings (SSSR count). The maximum atomic E-state index is 5.84. The molecule has 4 nitrogen and oxygen atoms in total. The van der Waals surface area contributed by atoms with Gasteiger partial charge in [-0.05, 0) is 6.42 Å². The molecule has 4 heteroatoms. The number of aryl methyl sites for hydroxylation is 2. The first-order valence-electron chi connectivity index (χ1n) is 4.34. The third-order valence-electron chi connectivity index (χ3n) is 1.93. The molecule has 1 heterocycles. The van der Waals surface area contributed by atoms with Crippen molar-refractivity contribution in [3.63, 3.8) is 0 Å². The lowest BCUT2D eigenvalue weighted by molar-refractivity contribution is 0.589. The molecule has 1 atom stereocenters. The third kappa shape index (κ3) is 1.64. The van der Waals surface area contributed by atoms with Gasteiger partial charge in [-0.3, -0.25) is 4.68 Å². The topological polar surface area (TPSA) is 56.7 Å². The zero-order valence-corrected chi connectivity index (χ0v) is 7.91. The molecule has 0 spiro atoms. The van der Waals surface area contributed by atoms with E-state index in [1.807, 2.05) is 20.9 Å². The standard InChI is InChI=1S/C8H16N4/c1-4-6(9)8-10-7(5-2)11-12(8)3/h6H,4-5,9H2,1-3H3. The van der Waals surface area contributed by atoms with Crippen LogP contribution in [0.2, 0.25) is 0 Å². The summed E-state index contributed by atoms with van der Waals surface area (Å²) < 4.78 is 1.77. The van der Waals surface area contributed by atoms with E-state index in [0.29, 0.717) is 0 Å². The van der Waals surface area contributed by atoms with Gasteiger partial charge >= 0.3 is 0 Å². The van der Waals surface area contributed by atoms with Crippen molar-refractivity contribution in [1.82, 2.24) is 14.8 Å². The molecule has 0 saturated heterocycles. The predicted molar refractivity (Wildman–Crippen MR) is 47.6 cm³/mol. The van der Waals surface area contributed by atoms with E-state index in [0.717, 1.165) is 24.5 Å². The van der Waals surface area contributed by atoms with Crippen LogP contribution in [0.4, 0.5) is 0 Å². The molecule has 0 saturated carbocycles. The van der Waals surface area contributed by atoms with E-state index >= 15 is 0 Å². The Morgan fingerprint density at radius 2 is 2.17 bits per heavy atom. The second-order valence-corrected chi connectivity index (χ2v) is 2.88. The highest BCUT2D eigenvalue weighted by molar-refractivity contribution is 4.97. The first-order chi connectivity index (χ1) is 5.69. The van der Waals surface area contributed by atoms with Crippen LogP contribution in [0.25, 0.3) is 0 Å². The average molecular weight is 168 g/mol. The van der Waals surface area contributed by atoms with Crippen molar-refractivity contribution in [2.75, 3.05) is 0 Å². The number of nitrogens with two attached hydrogens (primary N) is 1. The van der Waals surface area contributed by atoms with Crippen LogP contribution in [0.3, 0.4) is 0 Å². The van der Waals surface area contributed by atoms with Crippen molar-refractivity contribution in [1.29, 1.82) is 0 Å². The molecular formula is C8H16N4. The Morgan fingerprint density at radius 3 is 2.58 bits per heavy atom. The summed E-state index contributed by atoms with van der Waals surface area (Å²) in [6.07, 6.45) is 1.76. The smallest absolute Gasteiger partial charge is 0.150 e. The Morgan fingerprint density at radius 1 is 1.50 bits per heavy atom. The van der Waals surface area contributed by atoms with Gasteiger partial charge in [0.1, 0.15) is 5.82 Å². The summed E-state index contributed by atoms with van der Waals surface area (Å²) in [5.74, 6) is 1.76. The molecule has 1 aromatic rings. The second kappa shape index (κ2) is 3.67. The van der Waals surface area contributed by atoms with Gasteiger partial charge in [0, 0.05) is 13.5 Å². The molecular weight excluding hydrogens is 152 g/mol. The summed E-state index contributed by atoms with van der Waals surface area (Å²) in [5.41, 5.74) is 5.84. The van der Waals surface area contributed by atoms with Crippen molar-refractivity contribution < 1.29 is 0 Å². The summed E-state index contributed by atoms with van der Waals surface area (Å²) in [6, 6.07) is 0.0165. The summed E-state index contributed by atoms with van der Waals surface area (Å²) in [5, 5.41) is 4.22. The molecule has 2 N–H and O–H groups in total. The molecule has 0 aliphatic heterocycles. The molecule has 1 unspecified atom stereocenters. The molecule has 1 aromatic heterocycles. The van der Waals surface area contributed by atoms with Crippen LogP contribution in [0, 0.1) is 0 Å². The monoisotopic (exact) mass is 168 g/mol. The zero-order valence-electron chi connectivity index (χ0n) is 7.91. The molecule has 0 bridgehead atoms. The van der Waals surface area contributed by atoms with Gasteiger partial charge in [-0.15, -0.1) is 0 Å². The third-order valence-corrected chi connectivity index (χ3v) is 1.93. The Labute approximate surface area is 72.8 Å². The summed E-state index contributed by atoms with van der Waals surface area (Å²) in [4.78, 5) is 4.33. The second-order valence-electron chi connectivity index (χ2n) is 2.88. The van der Waals surface area contributed by atoms with Crippen LogP contribution in [0.1, 0.15) is 38.0 Å². The van der Waals surface area contributed by atoms with Crippen LogP contribution in [-0.4, -0.2) is 14.8 Å². The largest absolute Gasteiger partial charge is 0.321 e. The van der Waals surface area contributed by atoms with Crippen LogP contribution >= 0.6 is 0 Å². The maximum absolute atomic E-state index is 5.84. The van der Waals surface area contributed by atoms with E-state index in [1.165, 1.54) is 0 Å². The highest BCUT2D eigenvalue weighted by Crippen LogP contribution is 2.10. The number of hydrogen-bond donors (Lipinski definition) is 1. The fourth-order valence-corrected chi connectivity index (χ4v) is 1.11. The van der Waals surface area contributed by atoms with Gasteiger partial charge in [0.2, 0.25) is 0 Å². The summed E-state index contributed by atoms with van der Waals surface area (Å²) >= 11 is 0. The van der Waals surface area contributed by atoms with Gasteiger partial charge in [-0.2, -0.15) is 5.10 Å². The van der Waals surface area contributed by atoms with Gasteiger partial charge in [-0.25, -0.2) is 4.98 Å². The predicted octanol–water partition coefficient (Wildman–Crippen LogP) is 0.787. The van der Waals surface area contributed by atoms with Gasteiger partial charge in [0.25, 0.3) is 0 Å². The van der Waals surface area contributed by atoms with Gasteiger partial charge < -0.3 is 5.73 Å². The molecule has 0 amide bonds. The Balaban J connectivity index is 2.91. The van der Waals surface area contributed by atoms with Crippen LogP contribution in [-0.2, 0) is 13.5 Å². The summed E-state index contributed by atoms with van der Waals surface area (Å²) in [6.45, 7) is 4.08. The molecule has 12 heavy (non-hydrogen) atoms. The number of rotatable bonds is 3. The SMILES string of the molecule is CCc1nc(C(N)CC)n(C)n1. The molecule has 0 aliphatic carbocycles. The minimum absolute atomic E-state index is 0.0165. The van der Waals surface area contributed by atoms with Crippen molar-refractivity contribution in [2.24, 2.45) is 12.8 Å². The first-order valence-corrected chi connectivity index (χ1v) is 4.34. The van der Waals surface area contributed by atoms with Crippen LogP contribution in [0.15, 0.2) is 0 Å². The molecule has 68 valence electrons. The lowest BCUT2D eigenvalue weighted by Gasteiger charge is -2.05. The van der Waals surface area contributed by atoms with E-state index < -0.39 is 0 Å². The lowest BCUT2D eigenvalue weighted by atomic mass is 10.2. The van der Waals surface area contributed by atoms with Gasteiger partial charge in [0.05, 0.1) is 6.04 Å². The van der Waals surface area contributed by atoms with Crippen LogP contribution < -0.4 is 5.73 Å². The molecule has 0 radical (unpaired) electrons. The Kier molecular flexibility index (Phi) is 2.81. The maximum Gasteiger partial charge on any atom is 0.150 e. The summed E-state index contributed by atoms with van der Waals surface area (Å²) in [7, 11) is 1.89. The highest BCUT2D eigenvalue weighted by atomic mass is 15.3. The highest BCUT2D eigenvalue weighted by Gasteiger charge is 2.11. The van der Waals surface area contributed by atoms with Gasteiger partial charge in [0.15, 0.2) is 5.82 Å². The minimum Gasteiger partial charge on any atom is -0.321 e. The lowest BCUT2D eigenvalue weighted by Crippen LogP contribution is -2.14. The average Bonchev–Trinajstić information content (AvgIpc) is 2.45. The number of hydrogen-bond acceptors (Lipinski definition) is 3. The molecule has 0 fully saturated rings. The van der Waals surface area contributed by atoms with E-state index in [4.69, 9.17) is 5.73 Å². The normalized spacial score (nSPS) is 13.3. The number of aromatic nitrogens is 3. The zero-order chi connectivity index (χ0) is 9.14. The van der Waals surface area contributed by atoms with Crippen molar-refractivity contribution in [3.05, 3.63) is 11.6 Å². The van der Waals surface area contributed by atoms with Crippen molar-refractivity contribution in [2.45, 2.75) is 32.7 Å². The Hall–Kier alpha value is -0.900. The first kappa shape index (κ1) is 9.19. The van der Waals surface area contributed by atoms with E-state index in [1.54, 1.807) is 4.68 Å². The van der Waals surface area contributed by atoms with Crippen LogP contribution in [0.5, 0.6) is 0 Å². The molecule has 0 aromatic carbocycles. The fraction of sp³-hybridized carbons (Fsp3) is 0.750.